The van der Waals surface area contributed by atoms with E-state index in [1.165, 1.54) is 17.3 Å². The van der Waals surface area contributed by atoms with Crippen molar-refractivity contribution in [3.8, 4) is 0 Å². The Balaban J connectivity index is -0.0000000800. The Morgan fingerprint density at radius 1 is 1.80 bits per heavy atom. The molecule has 0 rings (SSSR count). The molecule has 0 aliphatic carbocycles. The largest absolute Gasteiger partial charge is 1.00 e. The van der Waals surface area contributed by atoms with Crippen LogP contribution in [0.4, 0.5) is 0 Å². The molecule has 0 amide bonds. The van der Waals surface area contributed by atoms with Crippen LogP contribution < -0.4 is 0 Å². The smallest absolute Gasteiger partial charge is 1.00 e. The van der Waals surface area contributed by atoms with Gasteiger partial charge in [0.2, 0.25) is 0 Å². The maximum absolute atomic E-state index is 2.23. The standard InChI is InChI=1S/C4H9.Sn.2H/c1-3-4-2;;;/h1,3-4H2,2H3;;;/q;;2*-1. The Kier molecular flexibility index (Phi) is 5.57. The maximum Gasteiger partial charge on any atom is -1.00 e. The van der Waals surface area contributed by atoms with Crippen molar-refractivity contribution in [1.29, 1.82) is 0 Å². The van der Waals surface area contributed by atoms with E-state index in [0.717, 1.165) is 0 Å². The first-order valence-electron chi connectivity index (χ1n) is 2.06. The van der Waals surface area contributed by atoms with E-state index in [-0.39, 0.29) is 2.85 Å². The average Bonchev–Trinajstić information content (AvgIpc) is 1.41. The molecule has 0 spiro atoms. The fourth-order valence-electron chi connectivity index (χ4n) is 0.177. The van der Waals surface area contributed by atoms with Crippen LogP contribution in [0.25, 0.3) is 0 Å². The second-order valence-electron chi connectivity index (χ2n) is 1.10. The Morgan fingerprint density at radius 2 is 2.40 bits per heavy atom. The summed E-state index contributed by atoms with van der Waals surface area (Å²) in [5.74, 6) is 0. The Labute approximate surface area is 50.0 Å². The van der Waals surface area contributed by atoms with Crippen LogP contribution in [0.1, 0.15) is 22.6 Å². The zero-order chi connectivity index (χ0) is 4.12. The monoisotopic (exact) mass is 179 g/mol. The number of unbranched alkanes of at least 4 members (excludes halogenated alkanes) is 1. The molecule has 0 heterocycles. The first kappa shape index (κ1) is 5.80. The molecule has 5 heavy (non-hydrogen) atoms. The van der Waals surface area contributed by atoms with Gasteiger partial charge in [0.15, 0.2) is 0 Å². The van der Waals surface area contributed by atoms with E-state index < -0.39 is 0 Å². The van der Waals surface area contributed by atoms with Crippen molar-refractivity contribution in [3.05, 3.63) is 0 Å². The minimum atomic E-state index is 0. The van der Waals surface area contributed by atoms with Gasteiger partial charge in [0.1, 0.15) is 0 Å². The van der Waals surface area contributed by atoms with Crippen LogP contribution in [0.2, 0.25) is 4.44 Å². The maximum atomic E-state index is 2.23. The predicted octanol–water partition coefficient (Wildman–Crippen LogP) is 1.60. The molecule has 33 valence electrons. The van der Waals surface area contributed by atoms with Crippen LogP contribution in [-0.4, -0.2) is 22.5 Å². The minimum absolute atomic E-state index is 0. The van der Waals surface area contributed by atoms with Crippen molar-refractivity contribution in [3.63, 3.8) is 0 Å². The van der Waals surface area contributed by atoms with Crippen molar-refractivity contribution < 1.29 is 2.85 Å². The van der Waals surface area contributed by atoms with Crippen LogP contribution in [0.3, 0.4) is 0 Å². The molecule has 0 aromatic carbocycles. The summed E-state index contributed by atoms with van der Waals surface area (Å²) in [6, 6.07) is 0. The molecule has 1 heteroatoms. The fourth-order valence-corrected chi connectivity index (χ4v) is 1.19. The summed E-state index contributed by atoms with van der Waals surface area (Å²) in [5, 5.41) is 0. The molecule has 0 aliphatic rings. The first-order valence-corrected chi connectivity index (χ1v) is 4.08. The molecule has 0 aromatic rings. The third-order valence-electron chi connectivity index (χ3n) is 0.530. The molecular weight excluding hydrogens is 167 g/mol. The zero-order valence-electron chi connectivity index (χ0n) is 5.62. The summed E-state index contributed by atoms with van der Waals surface area (Å²) < 4.78 is 1.43. The van der Waals surface area contributed by atoms with Gasteiger partial charge in [-0.25, -0.2) is 0 Å². The molecule has 0 fully saturated rings. The first-order chi connectivity index (χ1) is 2.41. The SMILES string of the molecule is CCC[CH2][Sn].[H-].[H-]. The van der Waals surface area contributed by atoms with E-state index in [1.807, 2.05) is 0 Å². The van der Waals surface area contributed by atoms with Crippen molar-refractivity contribution in [2.45, 2.75) is 24.2 Å². The third-order valence-corrected chi connectivity index (χ3v) is 1.54. The molecule has 0 unspecified atom stereocenters. The molecule has 0 nitrogen and oxygen atoms in total. The molecule has 0 bridgehead atoms. The van der Waals surface area contributed by atoms with E-state index >= 15 is 0 Å². The van der Waals surface area contributed by atoms with E-state index in [2.05, 4.69) is 6.92 Å². The molecule has 0 aliphatic heterocycles. The van der Waals surface area contributed by atoms with Crippen LogP contribution >= 0.6 is 0 Å². The van der Waals surface area contributed by atoms with Crippen molar-refractivity contribution in [1.82, 2.24) is 0 Å². The number of hydrogen-bond acceptors (Lipinski definition) is 0. The Bertz CT molecular complexity index is 17.2. The molecule has 0 atom stereocenters. The van der Waals surface area contributed by atoms with Gasteiger partial charge in [0.05, 0.1) is 0 Å². The van der Waals surface area contributed by atoms with Crippen molar-refractivity contribution in [2.75, 3.05) is 0 Å². The van der Waals surface area contributed by atoms with Crippen LogP contribution in [0, 0.1) is 0 Å². The van der Waals surface area contributed by atoms with Gasteiger partial charge in [-0.15, -0.1) is 0 Å². The molecule has 0 aromatic heterocycles. The summed E-state index contributed by atoms with van der Waals surface area (Å²) in [7, 11) is 0. The normalized spacial score (nSPS) is 8.40. The topological polar surface area (TPSA) is 0 Å². The van der Waals surface area contributed by atoms with Gasteiger partial charge in [-0.2, -0.15) is 0 Å². The predicted molar refractivity (Wildman–Crippen MR) is 27.7 cm³/mol. The van der Waals surface area contributed by atoms with Crippen molar-refractivity contribution in [2.24, 2.45) is 0 Å². The quantitative estimate of drug-likeness (QED) is 0.563. The summed E-state index contributed by atoms with van der Waals surface area (Å²) in [5.41, 5.74) is 0. The molecule has 0 saturated heterocycles. The van der Waals surface area contributed by atoms with E-state index in [1.54, 1.807) is 22.5 Å². The Morgan fingerprint density at radius 3 is 2.40 bits per heavy atom. The molecule has 0 N–H and O–H groups in total. The fraction of sp³-hybridized carbons (Fsp3) is 1.00. The van der Waals surface area contributed by atoms with Crippen LogP contribution in [0.5, 0.6) is 0 Å². The van der Waals surface area contributed by atoms with Gasteiger partial charge in [-0.05, 0) is 0 Å². The van der Waals surface area contributed by atoms with Crippen molar-refractivity contribution >= 4 is 22.5 Å². The van der Waals surface area contributed by atoms with Gasteiger partial charge in [0.25, 0.3) is 0 Å². The summed E-state index contributed by atoms with van der Waals surface area (Å²) in [6.07, 6.45) is 2.80. The molecule has 3 radical (unpaired) electrons. The van der Waals surface area contributed by atoms with Crippen LogP contribution in [0.15, 0.2) is 0 Å². The van der Waals surface area contributed by atoms with Gasteiger partial charge in [0, 0.05) is 0 Å². The third kappa shape index (κ3) is 4.80. The summed E-state index contributed by atoms with van der Waals surface area (Å²) in [6.45, 7) is 2.23. The zero-order valence-corrected chi connectivity index (χ0v) is 6.48. The van der Waals surface area contributed by atoms with Gasteiger partial charge >= 0.3 is 46.7 Å². The summed E-state index contributed by atoms with van der Waals surface area (Å²) >= 11 is 1.68. The second kappa shape index (κ2) is 4.80. The molecular formula is C4H11Sn-2. The number of rotatable bonds is 2. The summed E-state index contributed by atoms with van der Waals surface area (Å²) in [4.78, 5) is 0. The minimum Gasteiger partial charge on any atom is -1.00 e. The average molecular weight is 178 g/mol. The van der Waals surface area contributed by atoms with E-state index in [9.17, 15) is 0 Å². The van der Waals surface area contributed by atoms with Gasteiger partial charge in [-0.1, -0.05) is 0 Å². The number of hydrogen-bond donors (Lipinski definition) is 0. The molecule has 0 saturated carbocycles. The van der Waals surface area contributed by atoms with Gasteiger partial charge in [-0.3, -0.25) is 0 Å². The van der Waals surface area contributed by atoms with E-state index in [4.69, 9.17) is 0 Å². The van der Waals surface area contributed by atoms with Gasteiger partial charge < -0.3 is 2.85 Å². The van der Waals surface area contributed by atoms with Crippen LogP contribution in [-0.2, 0) is 0 Å². The Hall–Kier alpha value is 0.799. The van der Waals surface area contributed by atoms with E-state index in [0.29, 0.717) is 0 Å². The second-order valence-corrected chi connectivity index (χ2v) is 2.53.